The van der Waals surface area contributed by atoms with Crippen LogP contribution in [0.15, 0.2) is 24.3 Å². The Balaban J connectivity index is 1.86. The molecule has 4 nitrogen and oxygen atoms in total. The Morgan fingerprint density at radius 2 is 1.76 bits per heavy atom. The van der Waals surface area contributed by atoms with Gasteiger partial charge in [0.05, 0.1) is 6.54 Å². The molecule has 0 unspecified atom stereocenters. The second-order valence-electron chi connectivity index (χ2n) is 5.83. The van der Waals surface area contributed by atoms with Crippen LogP contribution < -0.4 is 0 Å². The molecule has 1 aliphatic heterocycles. The highest BCUT2D eigenvalue weighted by Crippen LogP contribution is 2.21. The lowest BCUT2D eigenvalue weighted by molar-refractivity contribution is -0.130. The summed E-state index contributed by atoms with van der Waals surface area (Å²) in [5.74, 6) is -0.0481. The summed E-state index contributed by atoms with van der Waals surface area (Å²) in [4.78, 5) is 17.9. The van der Waals surface area contributed by atoms with Crippen LogP contribution in [0.2, 0.25) is 0 Å². The van der Waals surface area contributed by atoms with Gasteiger partial charge in [-0.15, -0.1) is 0 Å². The normalized spacial score (nSPS) is 18.5. The van der Waals surface area contributed by atoms with Gasteiger partial charge in [-0.2, -0.15) is 0 Å². The molecule has 116 valence electrons. The fraction of sp³-hybridized carbons (Fsp3) is 0.562. The number of likely N-dealkylation sites (N-methyl/N-ethyl adjacent to an activating group) is 1. The monoisotopic (exact) mass is 293 g/mol. The van der Waals surface area contributed by atoms with E-state index in [1.807, 2.05) is 12.1 Å². The molecule has 1 aromatic rings. The average molecular weight is 293 g/mol. The molecule has 0 radical (unpaired) electrons. The molecule has 0 N–H and O–H groups in total. The van der Waals surface area contributed by atoms with Crippen molar-refractivity contribution in [2.45, 2.75) is 13.0 Å². The predicted molar refractivity (Wildman–Crippen MR) is 81.5 cm³/mol. The van der Waals surface area contributed by atoms with E-state index in [0.717, 1.165) is 31.7 Å². The minimum atomic E-state index is -0.196. The summed E-state index contributed by atoms with van der Waals surface area (Å²) in [6.07, 6.45) is 0. The van der Waals surface area contributed by atoms with Crippen molar-refractivity contribution in [1.29, 1.82) is 0 Å². The van der Waals surface area contributed by atoms with E-state index in [4.69, 9.17) is 0 Å². The van der Waals surface area contributed by atoms with Crippen LogP contribution in [-0.4, -0.2) is 67.4 Å². The fourth-order valence-electron chi connectivity index (χ4n) is 2.59. The van der Waals surface area contributed by atoms with Crippen LogP contribution in [0, 0.1) is 5.82 Å². The van der Waals surface area contributed by atoms with Gasteiger partial charge in [0.1, 0.15) is 5.82 Å². The van der Waals surface area contributed by atoms with Crippen LogP contribution in [0.3, 0.4) is 0 Å². The number of halogens is 1. The maximum absolute atomic E-state index is 13.0. The smallest absolute Gasteiger partial charge is 0.236 e. The predicted octanol–water partition coefficient (Wildman–Crippen LogP) is 1.59. The molecule has 1 saturated heterocycles. The lowest BCUT2D eigenvalue weighted by Gasteiger charge is -2.38. The molecule has 0 spiro atoms. The van der Waals surface area contributed by atoms with Gasteiger partial charge < -0.3 is 4.90 Å². The van der Waals surface area contributed by atoms with Crippen molar-refractivity contribution >= 4 is 5.91 Å². The van der Waals surface area contributed by atoms with E-state index in [9.17, 15) is 9.18 Å². The molecule has 1 heterocycles. The molecule has 0 saturated carbocycles. The molecule has 1 aromatic carbocycles. The first-order chi connectivity index (χ1) is 9.97. The fourth-order valence-corrected chi connectivity index (χ4v) is 2.59. The summed E-state index contributed by atoms with van der Waals surface area (Å²) >= 11 is 0. The third-order valence-electron chi connectivity index (χ3n) is 4.16. The molecule has 1 amide bonds. The lowest BCUT2D eigenvalue weighted by Crippen LogP contribution is -2.49. The van der Waals surface area contributed by atoms with Crippen LogP contribution in [0.4, 0.5) is 4.39 Å². The Morgan fingerprint density at radius 3 is 2.29 bits per heavy atom. The highest BCUT2D eigenvalue weighted by atomic mass is 19.1. The van der Waals surface area contributed by atoms with E-state index < -0.39 is 0 Å². The van der Waals surface area contributed by atoms with Crippen LogP contribution >= 0.6 is 0 Å². The Labute approximate surface area is 126 Å². The summed E-state index contributed by atoms with van der Waals surface area (Å²) in [6, 6.07) is 7.00. The topological polar surface area (TPSA) is 26.8 Å². The molecule has 0 aromatic heterocycles. The number of nitrogens with zero attached hydrogens (tertiary/aromatic N) is 3. The van der Waals surface area contributed by atoms with Gasteiger partial charge in [-0.3, -0.25) is 14.6 Å². The van der Waals surface area contributed by atoms with Gasteiger partial charge in [-0.25, -0.2) is 4.39 Å². The van der Waals surface area contributed by atoms with E-state index in [1.165, 1.54) is 12.1 Å². The molecule has 1 fully saturated rings. The quantitative estimate of drug-likeness (QED) is 0.843. The maximum atomic E-state index is 13.0. The zero-order chi connectivity index (χ0) is 15.4. The number of hydrogen-bond acceptors (Lipinski definition) is 3. The van der Waals surface area contributed by atoms with Gasteiger partial charge in [-0.1, -0.05) is 12.1 Å². The van der Waals surface area contributed by atoms with Gasteiger partial charge in [0.2, 0.25) is 5.91 Å². The number of benzene rings is 1. The first-order valence-corrected chi connectivity index (χ1v) is 7.39. The molecule has 1 aliphatic rings. The van der Waals surface area contributed by atoms with Crippen molar-refractivity contribution in [3.05, 3.63) is 35.6 Å². The summed E-state index contributed by atoms with van der Waals surface area (Å²) in [7, 11) is 3.57. The first kappa shape index (κ1) is 15.9. The lowest BCUT2D eigenvalue weighted by atomic mass is 10.1. The van der Waals surface area contributed by atoms with Gasteiger partial charge >= 0.3 is 0 Å². The van der Waals surface area contributed by atoms with E-state index in [1.54, 1.807) is 19.0 Å². The SMILES string of the molecule is C[C@@H](c1ccc(F)cc1)N1CCN(CC(=O)N(C)C)CC1. The summed E-state index contributed by atoms with van der Waals surface area (Å²) in [5, 5.41) is 0. The maximum Gasteiger partial charge on any atom is 0.236 e. The molecule has 5 heteroatoms. The zero-order valence-corrected chi connectivity index (χ0v) is 13.1. The Morgan fingerprint density at radius 1 is 1.19 bits per heavy atom. The second-order valence-corrected chi connectivity index (χ2v) is 5.83. The minimum absolute atomic E-state index is 0.148. The van der Waals surface area contributed by atoms with E-state index in [0.29, 0.717) is 6.54 Å². The van der Waals surface area contributed by atoms with Crippen molar-refractivity contribution < 1.29 is 9.18 Å². The summed E-state index contributed by atoms with van der Waals surface area (Å²) < 4.78 is 13.0. The molecular weight excluding hydrogens is 269 g/mol. The largest absolute Gasteiger partial charge is 0.348 e. The Kier molecular flexibility index (Phi) is 5.31. The van der Waals surface area contributed by atoms with Gasteiger partial charge in [0, 0.05) is 46.3 Å². The number of amides is 1. The Bertz CT molecular complexity index is 467. The van der Waals surface area contributed by atoms with Crippen LogP contribution in [-0.2, 0) is 4.79 Å². The van der Waals surface area contributed by atoms with Gasteiger partial charge in [0.25, 0.3) is 0 Å². The molecule has 0 aliphatic carbocycles. The number of rotatable bonds is 4. The molecule has 21 heavy (non-hydrogen) atoms. The summed E-state index contributed by atoms with van der Waals surface area (Å²) in [6.45, 7) is 6.29. The number of carbonyl (C=O) groups is 1. The highest BCUT2D eigenvalue weighted by Gasteiger charge is 2.23. The minimum Gasteiger partial charge on any atom is -0.348 e. The number of carbonyl (C=O) groups excluding carboxylic acids is 1. The summed E-state index contributed by atoms with van der Waals surface area (Å²) in [5.41, 5.74) is 1.13. The van der Waals surface area contributed by atoms with Crippen molar-refractivity contribution in [2.75, 3.05) is 46.8 Å². The van der Waals surface area contributed by atoms with Crippen molar-refractivity contribution in [2.24, 2.45) is 0 Å². The van der Waals surface area contributed by atoms with Crippen LogP contribution in [0.25, 0.3) is 0 Å². The van der Waals surface area contributed by atoms with E-state index in [-0.39, 0.29) is 17.8 Å². The molecule has 0 bridgehead atoms. The zero-order valence-electron chi connectivity index (χ0n) is 13.1. The number of hydrogen-bond donors (Lipinski definition) is 0. The third kappa shape index (κ3) is 4.25. The molecule has 2 rings (SSSR count). The Hall–Kier alpha value is -1.46. The van der Waals surface area contributed by atoms with Crippen molar-refractivity contribution in [1.82, 2.24) is 14.7 Å². The van der Waals surface area contributed by atoms with Crippen molar-refractivity contribution in [3.8, 4) is 0 Å². The van der Waals surface area contributed by atoms with Crippen molar-refractivity contribution in [3.63, 3.8) is 0 Å². The highest BCUT2D eigenvalue weighted by molar-refractivity contribution is 5.77. The van der Waals surface area contributed by atoms with Crippen LogP contribution in [0.5, 0.6) is 0 Å². The standard InChI is InChI=1S/C16H24FN3O/c1-13(14-4-6-15(17)7-5-14)20-10-8-19(9-11-20)12-16(21)18(2)3/h4-7,13H,8-12H2,1-3H3/t13-/m0/s1. The second kappa shape index (κ2) is 7.00. The van der Waals surface area contributed by atoms with Crippen LogP contribution in [0.1, 0.15) is 18.5 Å². The van der Waals surface area contributed by atoms with Gasteiger partial charge in [-0.05, 0) is 24.6 Å². The third-order valence-corrected chi connectivity index (χ3v) is 4.16. The van der Waals surface area contributed by atoms with E-state index >= 15 is 0 Å². The molecular formula is C16H24FN3O. The van der Waals surface area contributed by atoms with Gasteiger partial charge in [0.15, 0.2) is 0 Å². The average Bonchev–Trinajstić information content (AvgIpc) is 2.48. The first-order valence-electron chi connectivity index (χ1n) is 7.39. The molecule has 1 atom stereocenters. The number of piperazine rings is 1. The van der Waals surface area contributed by atoms with E-state index in [2.05, 4.69) is 16.7 Å².